The van der Waals surface area contributed by atoms with Crippen LogP contribution in [0.1, 0.15) is 17.5 Å². The van der Waals surface area contributed by atoms with Crippen molar-refractivity contribution in [2.24, 2.45) is 0 Å². The molecule has 4 aliphatic rings. The molecule has 0 amide bonds. The Morgan fingerprint density at radius 1 is 1.41 bits per heavy atom. The monoisotopic (exact) mass is 295 g/mol. The minimum atomic E-state index is -0.288. The highest BCUT2D eigenvalue weighted by Gasteiger charge is 2.61. The summed E-state index contributed by atoms with van der Waals surface area (Å²) in [5.74, 6) is 0.774. The first-order valence-corrected chi connectivity index (χ1v) is 7.76. The van der Waals surface area contributed by atoms with E-state index >= 15 is 0 Å². The van der Waals surface area contributed by atoms with Crippen LogP contribution in [0.5, 0.6) is 11.5 Å². The first-order chi connectivity index (χ1) is 10.7. The van der Waals surface area contributed by atoms with E-state index < -0.39 is 0 Å². The van der Waals surface area contributed by atoms with Crippen LogP contribution in [0, 0.1) is 0 Å². The summed E-state index contributed by atoms with van der Waals surface area (Å²) in [6, 6.07) is 4.09. The number of likely N-dealkylation sites (N-methyl/N-ethyl adjacent to an activating group) is 1. The number of aldehydes is 1. The number of rotatable bonds is 1. The summed E-state index contributed by atoms with van der Waals surface area (Å²) in [4.78, 5) is 13.9. The number of phenols is 1. The van der Waals surface area contributed by atoms with Crippen molar-refractivity contribution < 1.29 is 14.6 Å². The van der Waals surface area contributed by atoms with Crippen LogP contribution in [-0.4, -0.2) is 42.0 Å². The number of hydrogen-bond donors (Lipinski definition) is 1. The van der Waals surface area contributed by atoms with Crippen molar-refractivity contribution in [2.75, 3.05) is 13.6 Å². The normalized spacial score (nSPS) is 34.4. The third kappa shape index (κ3) is 1.18. The molecule has 4 heteroatoms. The smallest absolute Gasteiger partial charge is 0.166 e. The fourth-order valence-corrected chi connectivity index (χ4v) is 4.94. The lowest BCUT2D eigenvalue weighted by atomic mass is 9.56. The van der Waals surface area contributed by atoms with Crippen LogP contribution in [0.2, 0.25) is 0 Å². The maximum atomic E-state index is 11.5. The number of piperidine rings is 1. The first-order valence-electron chi connectivity index (χ1n) is 7.76. The van der Waals surface area contributed by atoms with Crippen molar-refractivity contribution in [3.63, 3.8) is 0 Å². The van der Waals surface area contributed by atoms with Gasteiger partial charge in [0.25, 0.3) is 0 Å². The molecule has 1 aromatic rings. The third-order valence-electron chi connectivity index (χ3n) is 5.93. The second-order valence-corrected chi connectivity index (χ2v) is 6.77. The molecule has 2 heterocycles. The maximum absolute atomic E-state index is 11.5. The zero-order valence-corrected chi connectivity index (χ0v) is 12.4. The van der Waals surface area contributed by atoms with Crippen LogP contribution in [-0.2, 0) is 16.6 Å². The highest BCUT2D eigenvalue weighted by atomic mass is 16.5. The molecule has 1 fully saturated rings. The molecule has 2 aliphatic carbocycles. The van der Waals surface area contributed by atoms with E-state index in [1.54, 1.807) is 6.07 Å². The van der Waals surface area contributed by atoms with Crippen molar-refractivity contribution in [3.8, 4) is 11.5 Å². The van der Waals surface area contributed by atoms with Crippen LogP contribution >= 0.6 is 0 Å². The van der Waals surface area contributed by atoms with Crippen molar-refractivity contribution >= 4 is 6.29 Å². The second kappa shape index (κ2) is 3.82. The van der Waals surface area contributed by atoms with Gasteiger partial charge in [0.15, 0.2) is 11.5 Å². The van der Waals surface area contributed by atoms with Gasteiger partial charge in [-0.2, -0.15) is 0 Å². The fourth-order valence-electron chi connectivity index (χ4n) is 4.94. The van der Waals surface area contributed by atoms with Gasteiger partial charge in [-0.25, -0.2) is 0 Å². The predicted molar refractivity (Wildman–Crippen MR) is 81.2 cm³/mol. The molecule has 112 valence electrons. The standard InChI is InChI=1S/C18H17NO3/c1-19-7-6-18-12-4-2-11(9-20)17(18)22-16-14(21)5-3-10(15(16)18)8-13(12)19/h2-5,9,13,17,21H,6-8H2,1H3/t13-,17+,18+/m1/s1. The summed E-state index contributed by atoms with van der Waals surface area (Å²) < 4.78 is 6.14. The average Bonchev–Trinajstić information content (AvgIpc) is 2.88. The van der Waals surface area contributed by atoms with E-state index in [0.29, 0.717) is 17.4 Å². The molecule has 2 bridgehead atoms. The van der Waals surface area contributed by atoms with Crippen LogP contribution in [0.4, 0.5) is 0 Å². The Morgan fingerprint density at radius 2 is 2.27 bits per heavy atom. The molecule has 22 heavy (non-hydrogen) atoms. The van der Waals surface area contributed by atoms with E-state index in [-0.39, 0.29) is 17.3 Å². The minimum Gasteiger partial charge on any atom is -0.504 e. The largest absolute Gasteiger partial charge is 0.504 e. The lowest BCUT2D eigenvalue weighted by Crippen LogP contribution is -2.58. The molecule has 1 aromatic carbocycles. The van der Waals surface area contributed by atoms with Gasteiger partial charge in [0.1, 0.15) is 12.4 Å². The Hall–Kier alpha value is -2.07. The van der Waals surface area contributed by atoms with E-state index in [1.807, 2.05) is 12.1 Å². The summed E-state index contributed by atoms with van der Waals surface area (Å²) in [7, 11) is 2.16. The van der Waals surface area contributed by atoms with Gasteiger partial charge in [0.05, 0.1) is 5.41 Å². The number of phenolic OH excluding ortho intramolecular Hbond substituents is 1. The molecule has 0 aromatic heterocycles. The third-order valence-corrected chi connectivity index (χ3v) is 5.93. The van der Waals surface area contributed by atoms with Crippen LogP contribution in [0.25, 0.3) is 0 Å². The van der Waals surface area contributed by atoms with Gasteiger partial charge in [-0.1, -0.05) is 18.2 Å². The fraction of sp³-hybridized carbons (Fsp3) is 0.389. The minimum absolute atomic E-state index is 0.185. The zero-order chi connectivity index (χ0) is 15.1. The number of carbonyl (C=O) groups excluding carboxylic acids is 1. The molecule has 5 rings (SSSR count). The lowest BCUT2D eigenvalue weighted by Gasteiger charge is -2.52. The topological polar surface area (TPSA) is 49.8 Å². The molecule has 0 radical (unpaired) electrons. The van der Waals surface area contributed by atoms with E-state index in [2.05, 4.69) is 18.0 Å². The number of carbonyl (C=O) groups is 1. The lowest BCUT2D eigenvalue weighted by molar-refractivity contribution is -0.106. The van der Waals surface area contributed by atoms with Gasteiger partial charge in [-0.15, -0.1) is 0 Å². The highest BCUT2D eigenvalue weighted by molar-refractivity contribution is 5.81. The van der Waals surface area contributed by atoms with Crippen LogP contribution < -0.4 is 4.74 Å². The van der Waals surface area contributed by atoms with Crippen LogP contribution in [0.15, 0.2) is 35.4 Å². The molecule has 1 spiro atoms. The van der Waals surface area contributed by atoms with Gasteiger partial charge >= 0.3 is 0 Å². The highest BCUT2D eigenvalue weighted by Crippen LogP contribution is 2.62. The molecule has 1 N–H and O–H groups in total. The number of benzene rings is 1. The maximum Gasteiger partial charge on any atom is 0.166 e. The van der Waals surface area contributed by atoms with E-state index in [0.717, 1.165) is 31.2 Å². The van der Waals surface area contributed by atoms with Crippen molar-refractivity contribution in [2.45, 2.75) is 30.4 Å². The summed E-state index contributed by atoms with van der Waals surface area (Å²) in [5.41, 5.74) is 4.13. The number of aromatic hydroxyl groups is 1. The Kier molecular flexibility index (Phi) is 2.16. The molecule has 4 nitrogen and oxygen atoms in total. The quantitative estimate of drug-likeness (QED) is 0.802. The Bertz CT molecular complexity index is 779. The molecule has 0 unspecified atom stereocenters. The molecule has 2 aliphatic heterocycles. The molecule has 1 saturated heterocycles. The van der Waals surface area contributed by atoms with Gasteiger partial charge in [0.2, 0.25) is 0 Å². The number of hydrogen-bond acceptors (Lipinski definition) is 4. The van der Waals surface area contributed by atoms with Gasteiger partial charge in [-0.05, 0) is 43.6 Å². The number of likely N-dealkylation sites (tertiary alicyclic amines) is 1. The summed E-state index contributed by atoms with van der Waals surface area (Å²) in [6.07, 6.45) is 6.48. The first kappa shape index (κ1) is 12.5. The van der Waals surface area contributed by atoms with Crippen molar-refractivity contribution in [1.82, 2.24) is 4.90 Å². The van der Waals surface area contributed by atoms with Crippen molar-refractivity contribution in [3.05, 3.63) is 46.6 Å². The number of ether oxygens (including phenoxy) is 1. The molecular formula is C18H17NO3. The summed E-state index contributed by atoms with van der Waals surface area (Å²) in [6.45, 7) is 0.975. The number of nitrogens with zero attached hydrogens (tertiary/aromatic N) is 1. The molecule has 3 atom stereocenters. The Balaban J connectivity index is 1.88. The second-order valence-electron chi connectivity index (χ2n) is 6.77. The number of allylic oxidation sites excluding steroid dienone is 2. The SMILES string of the molecule is CN1CC[C@@]23C4=CC=C(C=O)[C@@H]2Oc2c(O)ccc(c23)C[C@H]41. The van der Waals surface area contributed by atoms with Crippen LogP contribution in [0.3, 0.4) is 0 Å². The van der Waals surface area contributed by atoms with E-state index in [4.69, 9.17) is 4.74 Å². The average molecular weight is 295 g/mol. The van der Waals surface area contributed by atoms with E-state index in [9.17, 15) is 9.90 Å². The summed E-state index contributed by atoms with van der Waals surface area (Å²) in [5, 5.41) is 10.3. The molecule has 0 saturated carbocycles. The predicted octanol–water partition coefficient (Wildman–Crippen LogP) is 1.72. The summed E-state index contributed by atoms with van der Waals surface area (Å²) >= 11 is 0. The van der Waals surface area contributed by atoms with Gasteiger partial charge < -0.3 is 9.84 Å². The van der Waals surface area contributed by atoms with E-state index in [1.165, 1.54) is 11.1 Å². The van der Waals surface area contributed by atoms with Gasteiger partial charge in [0, 0.05) is 17.2 Å². The van der Waals surface area contributed by atoms with Crippen molar-refractivity contribution in [1.29, 1.82) is 0 Å². The molecular weight excluding hydrogens is 278 g/mol. The zero-order valence-electron chi connectivity index (χ0n) is 12.4. The van der Waals surface area contributed by atoms with Gasteiger partial charge in [-0.3, -0.25) is 9.69 Å². The Labute approximate surface area is 128 Å². The Morgan fingerprint density at radius 3 is 3.09 bits per heavy atom.